The van der Waals surface area contributed by atoms with Gasteiger partial charge in [-0.3, -0.25) is 0 Å². The number of rotatable bonds is 11. The fourth-order valence-electron chi connectivity index (χ4n) is 7.39. The summed E-state index contributed by atoms with van der Waals surface area (Å²) in [7, 11) is -6.73. The topological polar surface area (TPSA) is 116 Å². The van der Waals surface area contributed by atoms with Crippen LogP contribution in [0.3, 0.4) is 0 Å². The van der Waals surface area contributed by atoms with Crippen LogP contribution in [-0.4, -0.2) is 94.9 Å². The van der Waals surface area contributed by atoms with Crippen LogP contribution in [-0.2, 0) is 45.2 Å². The zero-order valence-corrected chi connectivity index (χ0v) is 40.5. The number of aryl methyl sites for hydroxylation is 1. The van der Waals surface area contributed by atoms with Crippen molar-refractivity contribution in [1.29, 1.82) is 0 Å². The van der Waals surface area contributed by atoms with E-state index < -0.39 is 53.3 Å². The number of halogens is 8. The van der Waals surface area contributed by atoms with E-state index in [9.17, 15) is 43.2 Å². The van der Waals surface area contributed by atoms with Gasteiger partial charge in [0.25, 0.3) is 0 Å². The highest BCUT2D eigenvalue weighted by atomic mass is 35.5. The Morgan fingerprint density at radius 1 is 0.612 bits per heavy atom. The molecule has 0 spiro atoms. The molecule has 4 aromatic carbocycles. The van der Waals surface area contributed by atoms with Crippen LogP contribution >= 0.6 is 45.9 Å². The molecule has 6 aromatic rings. The predicted octanol–water partition coefficient (Wildman–Crippen LogP) is 10.2. The molecule has 0 unspecified atom stereocenters. The van der Waals surface area contributed by atoms with Crippen molar-refractivity contribution in [3.8, 4) is 5.75 Å². The fourth-order valence-corrected chi connectivity index (χ4v) is 13.0. The monoisotopic (exact) mass is 1050 g/mol. The molecule has 358 valence electrons. The molecule has 0 bridgehead atoms. The van der Waals surface area contributed by atoms with Crippen molar-refractivity contribution < 1.29 is 47.9 Å². The van der Waals surface area contributed by atoms with Crippen LogP contribution in [0.1, 0.15) is 39.2 Å². The Morgan fingerprint density at radius 2 is 1.07 bits per heavy atom. The molecule has 0 aliphatic carbocycles. The smallest absolute Gasteiger partial charge is 0.416 e. The third kappa shape index (κ3) is 12.0. The zero-order chi connectivity index (χ0) is 48.3. The first kappa shape index (κ1) is 50.4. The van der Waals surface area contributed by atoms with Crippen molar-refractivity contribution in [3.05, 3.63) is 145 Å². The summed E-state index contributed by atoms with van der Waals surface area (Å²) in [6, 6.07) is 20.6. The summed E-state index contributed by atoms with van der Waals surface area (Å²) in [5.41, 5.74) is 3.06. The van der Waals surface area contributed by atoms with Gasteiger partial charge < -0.3 is 14.5 Å². The lowest BCUT2D eigenvalue weighted by atomic mass is 10.1. The highest BCUT2D eigenvalue weighted by Gasteiger charge is 2.37. The van der Waals surface area contributed by atoms with Crippen LogP contribution in [0.25, 0.3) is 0 Å². The molecule has 0 radical (unpaired) electrons. The van der Waals surface area contributed by atoms with Crippen LogP contribution in [0.2, 0.25) is 10.0 Å². The molecular formula is C44H42Cl2F6N6O5S4. The minimum absolute atomic E-state index is 0.107. The quantitative estimate of drug-likeness (QED) is 0.117. The normalized spacial score (nSPS) is 15.6. The summed E-state index contributed by atoms with van der Waals surface area (Å²) in [4.78, 5) is 12.3. The Morgan fingerprint density at radius 3 is 1.52 bits per heavy atom. The van der Waals surface area contributed by atoms with Crippen LogP contribution in [0, 0.1) is 6.92 Å². The van der Waals surface area contributed by atoms with Gasteiger partial charge in [0.05, 0.1) is 39.7 Å². The third-order valence-corrected chi connectivity index (χ3v) is 17.5. The largest absolute Gasteiger partial charge is 0.496 e. The SMILES string of the molecule is COc1ccccc1Cc1csc(N2CCN(S(=O)(=O)c3cc(C(F)(F)F)ccc3Cl)CC2)n1.Cc1cccc(Cc2csc(N3CCN(S(=O)(=O)c4cc(C(F)(F)F)ccc4Cl)CC3)n2)c1. The second-order valence-corrected chi connectivity index (χ2v) is 21.8. The van der Waals surface area contributed by atoms with Gasteiger partial charge in [0, 0.05) is 81.5 Å². The van der Waals surface area contributed by atoms with Crippen molar-refractivity contribution in [3.63, 3.8) is 0 Å². The van der Waals surface area contributed by atoms with Gasteiger partial charge in [-0.15, -0.1) is 22.7 Å². The van der Waals surface area contributed by atoms with E-state index in [0.717, 1.165) is 61.5 Å². The van der Waals surface area contributed by atoms with Gasteiger partial charge in [-0.1, -0.05) is 71.2 Å². The fraction of sp³-hybridized carbons (Fsp3) is 0.318. The molecule has 2 aliphatic rings. The first-order chi connectivity index (χ1) is 31.6. The van der Waals surface area contributed by atoms with Crippen molar-refractivity contribution in [2.75, 3.05) is 69.3 Å². The van der Waals surface area contributed by atoms with E-state index in [-0.39, 0.29) is 36.2 Å². The van der Waals surface area contributed by atoms with Crippen molar-refractivity contribution in [2.24, 2.45) is 0 Å². The molecule has 4 heterocycles. The summed E-state index contributed by atoms with van der Waals surface area (Å²) >= 11 is 14.9. The maximum absolute atomic E-state index is 13.1. The van der Waals surface area contributed by atoms with Crippen molar-refractivity contribution in [1.82, 2.24) is 18.6 Å². The minimum atomic E-state index is -4.67. The second-order valence-electron chi connectivity index (χ2n) is 15.5. The molecule has 0 amide bonds. The number of alkyl halides is 6. The molecule has 2 aromatic heterocycles. The summed E-state index contributed by atoms with van der Waals surface area (Å²) in [6.07, 6.45) is -8.02. The summed E-state index contributed by atoms with van der Waals surface area (Å²) in [5, 5.41) is 5.03. The van der Waals surface area contributed by atoms with E-state index in [2.05, 4.69) is 22.1 Å². The van der Waals surface area contributed by atoms with Crippen LogP contribution in [0.15, 0.2) is 105 Å². The summed E-state index contributed by atoms with van der Waals surface area (Å²) < 4.78 is 138. The highest BCUT2D eigenvalue weighted by Crippen LogP contribution is 2.37. The molecular weight excluding hydrogens is 1010 g/mol. The zero-order valence-electron chi connectivity index (χ0n) is 35.7. The van der Waals surface area contributed by atoms with E-state index in [1.807, 2.05) is 63.9 Å². The van der Waals surface area contributed by atoms with Gasteiger partial charge in [-0.25, -0.2) is 26.8 Å². The van der Waals surface area contributed by atoms with Crippen LogP contribution in [0.4, 0.5) is 36.6 Å². The molecule has 2 aliphatic heterocycles. The Labute approximate surface area is 402 Å². The van der Waals surface area contributed by atoms with E-state index in [1.54, 1.807) is 7.11 Å². The predicted molar refractivity (Wildman–Crippen MR) is 249 cm³/mol. The number of methoxy groups -OCH3 is 1. The molecule has 67 heavy (non-hydrogen) atoms. The molecule has 2 saturated heterocycles. The number of thiazole rings is 2. The van der Waals surface area contributed by atoms with Gasteiger partial charge in [-0.2, -0.15) is 35.0 Å². The number of sulfonamides is 2. The number of aromatic nitrogens is 2. The van der Waals surface area contributed by atoms with E-state index in [1.165, 1.54) is 38.1 Å². The molecule has 11 nitrogen and oxygen atoms in total. The summed E-state index contributed by atoms with van der Waals surface area (Å²) in [5.74, 6) is 0.782. The van der Waals surface area contributed by atoms with Gasteiger partial charge in [-0.05, 0) is 55.0 Å². The minimum Gasteiger partial charge on any atom is -0.496 e. The summed E-state index contributed by atoms with van der Waals surface area (Å²) in [6.45, 7) is 3.99. The Hall–Kier alpha value is -4.48. The highest BCUT2D eigenvalue weighted by molar-refractivity contribution is 7.89. The first-order valence-electron chi connectivity index (χ1n) is 20.4. The molecule has 0 N–H and O–H groups in total. The average molecular weight is 1050 g/mol. The number of anilines is 2. The van der Waals surface area contributed by atoms with Gasteiger partial charge in [0.1, 0.15) is 15.5 Å². The van der Waals surface area contributed by atoms with E-state index in [4.69, 9.17) is 27.9 Å². The Bertz CT molecular complexity index is 2920. The number of hydrogen-bond acceptors (Lipinski definition) is 11. The average Bonchev–Trinajstić information content (AvgIpc) is 3.96. The van der Waals surface area contributed by atoms with E-state index in [0.29, 0.717) is 51.2 Å². The number of nitrogens with zero attached hydrogens (tertiary/aromatic N) is 6. The Kier molecular flexibility index (Phi) is 15.5. The van der Waals surface area contributed by atoms with E-state index >= 15 is 0 Å². The Balaban J connectivity index is 0.000000199. The van der Waals surface area contributed by atoms with Crippen molar-refractivity contribution in [2.45, 2.75) is 41.9 Å². The number of para-hydroxylation sites is 1. The molecule has 8 rings (SSSR count). The second kappa shape index (κ2) is 20.6. The molecule has 0 atom stereocenters. The van der Waals surface area contributed by atoms with Gasteiger partial charge in [0.15, 0.2) is 10.3 Å². The number of ether oxygens (including phenoxy) is 1. The number of hydrogen-bond donors (Lipinski definition) is 0. The lowest BCUT2D eigenvalue weighted by Gasteiger charge is -2.34. The van der Waals surface area contributed by atoms with Crippen molar-refractivity contribution >= 4 is 76.2 Å². The van der Waals surface area contributed by atoms with Crippen LogP contribution in [0.5, 0.6) is 5.75 Å². The standard InChI is InChI=1S/C22H21ClF3N3O3S2.C22H21ClF3N3O2S2/c1-32-19-5-3-2-4-15(19)12-17-14-33-21(27-17)28-8-10-29(11-9-28)34(30,31)20-13-16(22(24,25)26)6-7-18(20)23;1-15-3-2-4-16(11-15)12-18-14-32-21(27-18)28-7-9-29(10-8-28)33(30,31)20-13-17(22(24,25)26)5-6-19(20)23/h2-7,13-14H,8-12H2,1H3;2-6,11,13-14H,7-10,12H2,1H3. The maximum Gasteiger partial charge on any atom is 0.416 e. The number of piperazine rings is 2. The molecule has 2 fully saturated rings. The first-order valence-corrected chi connectivity index (χ1v) is 25.8. The lowest BCUT2D eigenvalue weighted by Crippen LogP contribution is -2.48. The van der Waals surface area contributed by atoms with Gasteiger partial charge >= 0.3 is 12.4 Å². The lowest BCUT2D eigenvalue weighted by molar-refractivity contribution is -0.138. The number of benzene rings is 4. The maximum atomic E-state index is 13.1. The van der Waals surface area contributed by atoms with Gasteiger partial charge in [0.2, 0.25) is 20.0 Å². The molecule has 0 saturated carbocycles. The third-order valence-electron chi connectivity index (χ3n) is 10.9. The van der Waals surface area contributed by atoms with Crippen LogP contribution < -0.4 is 14.5 Å². The molecule has 23 heteroatoms.